The van der Waals surface area contributed by atoms with Crippen LogP contribution in [0, 0.1) is 0 Å². The first-order valence-electron chi connectivity index (χ1n) is 6.64. The molecule has 1 aromatic rings. The highest BCUT2D eigenvalue weighted by molar-refractivity contribution is 8.07. The molecule has 1 heterocycles. The lowest BCUT2D eigenvalue weighted by atomic mass is 10.5. The van der Waals surface area contributed by atoms with E-state index in [9.17, 15) is 4.79 Å². The Morgan fingerprint density at radius 1 is 1.48 bits per heavy atom. The monoisotopic (exact) mass is 352 g/mol. The van der Waals surface area contributed by atoms with Crippen LogP contribution in [0.25, 0.3) is 0 Å². The van der Waals surface area contributed by atoms with Gasteiger partial charge in [-0.05, 0) is 26.5 Å². The summed E-state index contributed by atoms with van der Waals surface area (Å²) in [6, 6.07) is 0. The molecule has 0 radical (unpaired) electrons. The van der Waals surface area contributed by atoms with Gasteiger partial charge in [-0.25, -0.2) is 4.68 Å². The van der Waals surface area contributed by atoms with Gasteiger partial charge in [0.15, 0.2) is 5.75 Å². The van der Waals surface area contributed by atoms with E-state index in [1.54, 1.807) is 7.05 Å². The van der Waals surface area contributed by atoms with E-state index >= 15 is 0 Å². The van der Waals surface area contributed by atoms with Gasteiger partial charge < -0.3 is 4.52 Å². The van der Waals surface area contributed by atoms with Gasteiger partial charge in [0.2, 0.25) is 0 Å². The molecule has 9 heteroatoms. The zero-order valence-corrected chi connectivity index (χ0v) is 15.4. The average molecular weight is 352 g/mol. The summed E-state index contributed by atoms with van der Waals surface area (Å²) >= 11 is 6.76. The molecular formula is C12H21N2O4PS2. The fourth-order valence-electron chi connectivity index (χ4n) is 1.46. The lowest BCUT2D eigenvalue weighted by molar-refractivity contribution is 0.170. The Labute approximate surface area is 134 Å². The van der Waals surface area contributed by atoms with Crippen molar-refractivity contribution in [3.63, 3.8) is 0 Å². The van der Waals surface area contributed by atoms with Crippen molar-refractivity contribution in [1.29, 1.82) is 0 Å². The first-order valence-corrected chi connectivity index (χ1v) is 10.2. The summed E-state index contributed by atoms with van der Waals surface area (Å²) in [5.41, 5.74) is -0.220. The third-order valence-corrected chi connectivity index (χ3v) is 5.61. The van der Waals surface area contributed by atoms with Crippen LogP contribution in [-0.4, -0.2) is 28.2 Å². The van der Waals surface area contributed by atoms with Gasteiger partial charge in [0, 0.05) is 18.9 Å². The molecule has 120 valence electrons. The normalized spacial score (nSPS) is 14.2. The van der Waals surface area contributed by atoms with E-state index < -0.39 is 6.72 Å². The Hall–Kier alpha value is -0.400. The second-order valence-electron chi connectivity index (χ2n) is 4.31. The zero-order chi connectivity index (χ0) is 16.0. The highest BCUT2D eigenvalue weighted by Gasteiger charge is 2.26. The summed E-state index contributed by atoms with van der Waals surface area (Å²) in [6.45, 7) is 4.91. The lowest BCUT2D eigenvalue weighted by Crippen LogP contribution is -2.22. The number of aryl methyl sites for hydroxylation is 1. The molecule has 21 heavy (non-hydrogen) atoms. The average Bonchev–Trinajstić information content (AvgIpc) is 2.37. The van der Waals surface area contributed by atoms with Gasteiger partial charge in [0.1, 0.15) is 4.90 Å². The largest absolute Gasteiger partial charge is 0.421 e. The second kappa shape index (κ2) is 8.29. The van der Waals surface area contributed by atoms with Crippen molar-refractivity contribution in [3.8, 4) is 5.75 Å². The standard InChI is InChI=1S/C12H21N2O4PS2/c1-6-16-19(20,17-9(3)4)18-10-8-13-14(5)12(15)11(10)21-7-2/h8-9H,6-7H2,1-5H3. The van der Waals surface area contributed by atoms with Gasteiger partial charge in [-0.3, -0.25) is 13.8 Å². The molecule has 0 saturated carbocycles. The minimum absolute atomic E-state index is 0.135. The van der Waals surface area contributed by atoms with Gasteiger partial charge in [0.05, 0.1) is 18.9 Å². The molecule has 0 saturated heterocycles. The SMILES string of the molecule is CCOP(=S)(Oc1cnn(C)c(=O)c1SCC)OC(C)C. The Kier molecular flexibility index (Phi) is 7.36. The third-order valence-electron chi connectivity index (χ3n) is 2.19. The fourth-order valence-corrected chi connectivity index (χ4v) is 4.74. The van der Waals surface area contributed by atoms with Crippen LogP contribution < -0.4 is 10.1 Å². The second-order valence-corrected chi connectivity index (χ2v) is 8.47. The van der Waals surface area contributed by atoms with E-state index in [0.717, 1.165) is 5.75 Å². The molecule has 1 unspecified atom stereocenters. The van der Waals surface area contributed by atoms with Crippen LogP contribution in [-0.2, 0) is 27.9 Å². The predicted octanol–water partition coefficient (Wildman–Crippen LogP) is 2.96. The maximum absolute atomic E-state index is 12.1. The highest BCUT2D eigenvalue weighted by Crippen LogP contribution is 2.51. The van der Waals surface area contributed by atoms with Crippen LogP contribution in [0.15, 0.2) is 15.9 Å². The van der Waals surface area contributed by atoms with E-state index in [1.807, 2.05) is 27.7 Å². The molecule has 0 fully saturated rings. The number of rotatable bonds is 8. The number of thioether (sulfide) groups is 1. The Morgan fingerprint density at radius 3 is 2.67 bits per heavy atom. The van der Waals surface area contributed by atoms with Crippen molar-refractivity contribution < 1.29 is 13.6 Å². The predicted molar refractivity (Wildman–Crippen MR) is 88.6 cm³/mol. The minimum Gasteiger partial charge on any atom is -0.421 e. The zero-order valence-electron chi connectivity index (χ0n) is 12.9. The summed E-state index contributed by atoms with van der Waals surface area (Å²) < 4.78 is 18.1. The number of hydrogen-bond donors (Lipinski definition) is 0. The quantitative estimate of drug-likeness (QED) is 0.526. The van der Waals surface area contributed by atoms with Crippen LogP contribution in [0.3, 0.4) is 0 Å². The van der Waals surface area contributed by atoms with E-state index in [0.29, 0.717) is 17.3 Å². The van der Waals surface area contributed by atoms with E-state index in [4.69, 9.17) is 25.4 Å². The maximum Gasteiger partial charge on any atom is 0.380 e. The van der Waals surface area contributed by atoms with Crippen molar-refractivity contribution in [2.24, 2.45) is 7.05 Å². The molecular weight excluding hydrogens is 331 g/mol. The van der Waals surface area contributed by atoms with Gasteiger partial charge in [0.25, 0.3) is 5.56 Å². The van der Waals surface area contributed by atoms with Gasteiger partial charge in [-0.2, -0.15) is 5.10 Å². The molecule has 0 amide bonds. The topological polar surface area (TPSA) is 62.6 Å². The van der Waals surface area contributed by atoms with Crippen LogP contribution in [0.4, 0.5) is 0 Å². The molecule has 0 N–H and O–H groups in total. The van der Waals surface area contributed by atoms with Crippen molar-refractivity contribution in [1.82, 2.24) is 9.78 Å². The molecule has 0 aliphatic heterocycles. The van der Waals surface area contributed by atoms with Gasteiger partial charge in [-0.15, -0.1) is 11.8 Å². The number of nitrogens with zero attached hydrogens (tertiary/aromatic N) is 2. The molecule has 0 aliphatic rings. The summed E-state index contributed by atoms with van der Waals surface area (Å²) in [5.74, 6) is 1.06. The van der Waals surface area contributed by atoms with Crippen molar-refractivity contribution in [2.75, 3.05) is 12.4 Å². The molecule has 1 aromatic heterocycles. The van der Waals surface area contributed by atoms with Crippen LogP contribution >= 0.6 is 18.5 Å². The first-order chi connectivity index (χ1) is 9.83. The Balaban J connectivity index is 3.17. The minimum atomic E-state index is -2.95. The lowest BCUT2D eigenvalue weighted by Gasteiger charge is -2.24. The van der Waals surface area contributed by atoms with E-state index in [2.05, 4.69) is 5.10 Å². The molecule has 0 bridgehead atoms. The van der Waals surface area contributed by atoms with Crippen molar-refractivity contribution >= 4 is 30.3 Å². The third kappa shape index (κ3) is 5.38. The number of aromatic nitrogens is 2. The summed E-state index contributed by atoms with van der Waals surface area (Å²) in [5, 5.41) is 3.97. The smallest absolute Gasteiger partial charge is 0.380 e. The summed E-state index contributed by atoms with van der Waals surface area (Å²) in [4.78, 5) is 12.6. The molecule has 6 nitrogen and oxygen atoms in total. The van der Waals surface area contributed by atoms with E-state index in [1.165, 1.54) is 22.6 Å². The number of hydrogen-bond acceptors (Lipinski definition) is 7. The fraction of sp³-hybridized carbons (Fsp3) is 0.667. The first kappa shape index (κ1) is 18.6. The molecule has 0 spiro atoms. The van der Waals surface area contributed by atoms with Crippen molar-refractivity contribution in [3.05, 3.63) is 16.6 Å². The Morgan fingerprint density at radius 2 is 2.14 bits per heavy atom. The maximum atomic E-state index is 12.1. The van der Waals surface area contributed by atoms with Crippen molar-refractivity contribution in [2.45, 2.75) is 38.7 Å². The van der Waals surface area contributed by atoms with Gasteiger partial charge >= 0.3 is 6.72 Å². The molecule has 0 aromatic carbocycles. The van der Waals surface area contributed by atoms with Crippen LogP contribution in [0.2, 0.25) is 0 Å². The molecule has 1 atom stereocenters. The van der Waals surface area contributed by atoms with E-state index in [-0.39, 0.29) is 11.7 Å². The highest BCUT2D eigenvalue weighted by atomic mass is 32.5. The van der Waals surface area contributed by atoms with Crippen LogP contribution in [0.1, 0.15) is 27.7 Å². The van der Waals surface area contributed by atoms with Gasteiger partial charge in [-0.1, -0.05) is 6.92 Å². The van der Waals surface area contributed by atoms with Crippen LogP contribution in [0.5, 0.6) is 5.75 Å². The Bertz CT molecular complexity index is 577. The molecule has 1 rings (SSSR count). The molecule has 0 aliphatic carbocycles. The summed E-state index contributed by atoms with van der Waals surface area (Å²) in [6.07, 6.45) is 1.34. The summed E-state index contributed by atoms with van der Waals surface area (Å²) in [7, 11) is 1.59.